The molecule has 1 atom stereocenters. The molecule has 0 fully saturated rings. The highest BCUT2D eigenvalue weighted by Gasteiger charge is 2.32. The van der Waals surface area contributed by atoms with Crippen molar-refractivity contribution in [3.8, 4) is 0 Å². The fourth-order valence-corrected chi connectivity index (χ4v) is 5.50. The van der Waals surface area contributed by atoms with E-state index in [1.165, 1.54) is 29.2 Å². The van der Waals surface area contributed by atoms with Gasteiger partial charge < -0.3 is 10.2 Å². The summed E-state index contributed by atoms with van der Waals surface area (Å²) >= 11 is 5.98. The molecule has 9 heteroatoms. The molecule has 0 aliphatic carbocycles. The summed E-state index contributed by atoms with van der Waals surface area (Å²) in [5.74, 6) is -0.793. The largest absolute Gasteiger partial charge is 0.354 e. The number of nitrogens with zero attached hydrogens (tertiary/aromatic N) is 2. The molecule has 3 aromatic carbocycles. The van der Waals surface area contributed by atoms with Gasteiger partial charge in [-0.05, 0) is 69.2 Å². The Morgan fingerprint density at radius 1 is 0.947 bits per heavy atom. The Morgan fingerprint density at radius 3 is 2.21 bits per heavy atom. The predicted molar refractivity (Wildman–Crippen MR) is 152 cm³/mol. The number of rotatable bonds is 11. The van der Waals surface area contributed by atoms with Gasteiger partial charge in [-0.15, -0.1) is 0 Å². The van der Waals surface area contributed by atoms with E-state index in [2.05, 4.69) is 5.32 Å². The highest BCUT2D eigenvalue weighted by atomic mass is 35.5. The van der Waals surface area contributed by atoms with Crippen LogP contribution in [-0.2, 0) is 26.2 Å². The Kier molecular flexibility index (Phi) is 9.94. The number of aryl methyl sites for hydroxylation is 2. The number of nitrogens with one attached hydrogen (secondary N) is 1. The van der Waals surface area contributed by atoms with Gasteiger partial charge in [-0.3, -0.25) is 13.9 Å². The third-order valence-electron chi connectivity index (χ3n) is 6.15. The molecule has 0 spiro atoms. The van der Waals surface area contributed by atoms with Gasteiger partial charge in [-0.1, -0.05) is 66.0 Å². The summed E-state index contributed by atoms with van der Waals surface area (Å²) in [5.41, 5.74) is 3.16. The van der Waals surface area contributed by atoms with Crippen molar-refractivity contribution >= 4 is 39.1 Å². The van der Waals surface area contributed by atoms with Gasteiger partial charge in [0.05, 0.1) is 10.6 Å². The lowest BCUT2D eigenvalue weighted by Gasteiger charge is -2.32. The van der Waals surface area contributed by atoms with Gasteiger partial charge in [0.2, 0.25) is 11.8 Å². The van der Waals surface area contributed by atoms with Crippen LogP contribution in [0.15, 0.2) is 77.7 Å². The molecule has 0 aliphatic heterocycles. The molecule has 0 aliphatic rings. The van der Waals surface area contributed by atoms with E-state index < -0.39 is 28.5 Å². The van der Waals surface area contributed by atoms with E-state index in [1.807, 2.05) is 45.0 Å². The molecule has 38 heavy (non-hydrogen) atoms. The van der Waals surface area contributed by atoms with Crippen LogP contribution in [0, 0.1) is 13.8 Å². The first-order chi connectivity index (χ1) is 18.0. The Morgan fingerprint density at radius 2 is 1.61 bits per heavy atom. The highest BCUT2D eigenvalue weighted by molar-refractivity contribution is 7.92. The van der Waals surface area contributed by atoms with Crippen molar-refractivity contribution in [1.29, 1.82) is 0 Å². The van der Waals surface area contributed by atoms with Gasteiger partial charge in [0.25, 0.3) is 10.0 Å². The molecule has 0 aromatic heterocycles. The normalized spacial score (nSPS) is 12.0. The Labute approximate surface area is 230 Å². The molecule has 0 unspecified atom stereocenters. The summed E-state index contributed by atoms with van der Waals surface area (Å²) in [6.45, 7) is 7.60. The average molecular weight is 556 g/mol. The second-order valence-electron chi connectivity index (χ2n) is 9.28. The minimum Gasteiger partial charge on any atom is -0.354 e. The van der Waals surface area contributed by atoms with Gasteiger partial charge in [-0.25, -0.2) is 8.42 Å². The Bertz CT molecular complexity index is 1360. The predicted octanol–water partition coefficient (Wildman–Crippen LogP) is 5.10. The number of carbonyl (C=O) groups is 2. The van der Waals surface area contributed by atoms with Crippen LogP contribution in [0.5, 0.6) is 0 Å². The lowest BCUT2D eigenvalue weighted by Crippen LogP contribution is -2.51. The number of benzene rings is 3. The zero-order valence-electron chi connectivity index (χ0n) is 22.1. The zero-order valence-corrected chi connectivity index (χ0v) is 23.7. The second-order valence-corrected chi connectivity index (χ2v) is 11.6. The third kappa shape index (κ3) is 7.36. The van der Waals surface area contributed by atoms with Crippen molar-refractivity contribution in [2.75, 3.05) is 17.4 Å². The van der Waals surface area contributed by atoms with E-state index in [9.17, 15) is 18.0 Å². The molecular weight excluding hydrogens is 522 g/mol. The molecule has 7 nitrogen and oxygen atoms in total. The minimum absolute atomic E-state index is 0.00856. The first-order valence-corrected chi connectivity index (χ1v) is 14.3. The summed E-state index contributed by atoms with van der Waals surface area (Å²) in [4.78, 5) is 28.2. The maximum absolute atomic E-state index is 13.9. The van der Waals surface area contributed by atoms with E-state index in [4.69, 9.17) is 11.6 Å². The van der Waals surface area contributed by atoms with E-state index >= 15 is 0 Å². The van der Waals surface area contributed by atoms with Crippen molar-refractivity contribution < 1.29 is 18.0 Å². The van der Waals surface area contributed by atoms with Crippen LogP contribution in [0.1, 0.15) is 37.0 Å². The van der Waals surface area contributed by atoms with E-state index in [0.717, 1.165) is 27.4 Å². The summed E-state index contributed by atoms with van der Waals surface area (Å²) in [6, 6.07) is 19.6. The summed E-state index contributed by atoms with van der Waals surface area (Å²) in [6.07, 6.45) is 0.755. The zero-order chi connectivity index (χ0) is 27.9. The number of halogens is 1. The summed E-state index contributed by atoms with van der Waals surface area (Å²) in [5, 5.41) is 3.24. The van der Waals surface area contributed by atoms with Gasteiger partial charge in [-0.2, -0.15) is 0 Å². The minimum atomic E-state index is -4.13. The molecule has 3 aromatic rings. The fourth-order valence-electron chi connectivity index (χ4n) is 3.96. The molecule has 0 radical (unpaired) electrons. The molecular formula is C29H34ClN3O4S. The third-order valence-corrected chi connectivity index (χ3v) is 8.19. The van der Waals surface area contributed by atoms with Gasteiger partial charge >= 0.3 is 0 Å². The Hall–Kier alpha value is -3.36. The Balaban J connectivity index is 2.01. The molecule has 2 amide bonds. The fraction of sp³-hybridized carbons (Fsp3) is 0.310. The van der Waals surface area contributed by atoms with Gasteiger partial charge in [0, 0.05) is 18.1 Å². The lowest BCUT2D eigenvalue weighted by molar-refractivity contribution is -0.139. The van der Waals surface area contributed by atoms with Crippen molar-refractivity contribution in [2.45, 2.75) is 51.6 Å². The number of anilines is 1. The molecule has 0 saturated carbocycles. The number of carbonyl (C=O) groups excluding carboxylic acids is 2. The molecule has 202 valence electrons. The smallest absolute Gasteiger partial charge is 0.264 e. The molecule has 1 N–H and O–H groups in total. The van der Waals surface area contributed by atoms with Gasteiger partial charge in [0.15, 0.2) is 0 Å². The molecule has 3 rings (SSSR count). The van der Waals surface area contributed by atoms with Crippen LogP contribution >= 0.6 is 11.6 Å². The highest BCUT2D eigenvalue weighted by Crippen LogP contribution is 2.26. The standard InChI is InChI=1S/C29H34ClN3O4S/c1-5-17-31-29(35)23(4)32(19-24-8-6-7-22(3)18-24)28(34)20-33(26-13-9-21(2)10-14-26)38(36,37)27-15-11-25(30)12-16-27/h6-16,18,23H,5,17,19-20H2,1-4H3,(H,31,35)/t23-/m1/s1. The number of amides is 2. The summed E-state index contributed by atoms with van der Waals surface area (Å²) in [7, 11) is -4.13. The second kappa shape index (κ2) is 12.9. The van der Waals surface area contributed by atoms with Crippen LogP contribution in [0.25, 0.3) is 0 Å². The van der Waals surface area contributed by atoms with E-state index in [0.29, 0.717) is 17.3 Å². The van der Waals surface area contributed by atoms with Gasteiger partial charge in [0.1, 0.15) is 12.6 Å². The van der Waals surface area contributed by atoms with Crippen molar-refractivity contribution in [2.24, 2.45) is 0 Å². The topological polar surface area (TPSA) is 86.8 Å². The maximum Gasteiger partial charge on any atom is 0.264 e. The molecule has 0 bridgehead atoms. The SMILES string of the molecule is CCCNC(=O)[C@@H](C)N(Cc1cccc(C)c1)C(=O)CN(c1ccc(C)cc1)S(=O)(=O)c1ccc(Cl)cc1. The van der Waals surface area contributed by atoms with E-state index in [-0.39, 0.29) is 17.3 Å². The van der Waals surface area contributed by atoms with Crippen LogP contribution in [0.3, 0.4) is 0 Å². The van der Waals surface area contributed by atoms with Crippen LogP contribution in [-0.4, -0.2) is 44.3 Å². The quantitative estimate of drug-likeness (QED) is 0.357. The lowest BCUT2D eigenvalue weighted by atomic mass is 10.1. The van der Waals surface area contributed by atoms with Crippen molar-refractivity contribution in [3.63, 3.8) is 0 Å². The number of sulfonamides is 1. The van der Waals surface area contributed by atoms with Crippen LogP contribution in [0.2, 0.25) is 5.02 Å². The van der Waals surface area contributed by atoms with Crippen LogP contribution in [0.4, 0.5) is 5.69 Å². The maximum atomic E-state index is 13.9. The van der Waals surface area contributed by atoms with E-state index in [1.54, 1.807) is 31.2 Å². The van der Waals surface area contributed by atoms with Crippen LogP contribution < -0.4 is 9.62 Å². The number of hydrogen-bond acceptors (Lipinski definition) is 4. The summed E-state index contributed by atoms with van der Waals surface area (Å²) < 4.78 is 28.6. The monoisotopic (exact) mass is 555 g/mol. The number of hydrogen-bond donors (Lipinski definition) is 1. The molecule has 0 saturated heterocycles. The first-order valence-electron chi connectivity index (χ1n) is 12.5. The van der Waals surface area contributed by atoms with Crippen molar-refractivity contribution in [3.05, 3.63) is 94.5 Å². The molecule has 0 heterocycles. The first kappa shape index (κ1) is 29.2. The average Bonchev–Trinajstić information content (AvgIpc) is 2.89. The van der Waals surface area contributed by atoms with Crippen molar-refractivity contribution in [1.82, 2.24) is 10.2 Å².